The molecule has 0 spiro atoms. The summed E-state index contributed by atoms with van der Waals surface area (Å²) in [6.07, 6.45) is 3.59. The second-order valence-corrected chi connectivity index (χ2v) is 10.1. The summed E-state index contributed by atoms with van der Waals surface area (Å²) >= 11 is 6.27. The number of nitrogens with zero attached hydrogens (tertiary/aromatic N) is 5. The molecular formula is C26H28ClN7O3. The Kier molecular flexibility index (Phi) is 6.07. The van der Waals surface area contributed by atoms with Gasteiger partial charge in [-0.25, -0.2) is 4.79 Å². The monoisotopic (exact) mass is 521 g/mol. The van der Waals surface area contributed by atoms with Crippen LogP contribution < -0.4 is 16.6 Å². The topological polar surface area (TPSA) is 112 Å². The van der Waals surface area contributed by atoms with Crippen molar-refractivity contribution in [1.82, 2.24) is 33.8 Å². The van der Waals surface area contributed by atoms with Crippen molar-refractivity contribution in [2.45, 2.75) is 26.9 Å². The third-order valence-corrected chi connectivity index (χ3v) is 6.80. The average molecular weight is 522 g/mol. The lowest BCUT2D eigenvalue weighted by molar-refractivity contribution is 0.0963. The van der Waals surface area contributed by atoms with E-state index in [0.29, 0.717) is 46.1 Å². The fraction of sp³-hybridized carbons (Fsp3) is 0.308. The zero-order valence-corrected chi connectivity index (χ0v) is 22.1. The van der Waals surface area contributed by atoms with E-state index in [1.807, 2.05) is 45.3 Å². The van der Waals surface area contributed by atoms with Crippen LogP contribution >= 0.6 is 11.6 Å². The fourth-order valence-electron chi connectivity index (χ4n) is 4.78. The number of aryl methyl sites for hydroxylation is 1. The highest BCUT2D eigenvalue weighted by atomic mass is 35.5. The third kappa shape index (κ3) is 4.07. The highest BCUT2D eigenvalue weighted by Gasteiger charge is 2.25. The number of rotatable bonds is 6. The number of benzene rings is 1. The molecule has 1 amide bonds. The van der Waals surface area contributed by atoms with Gasteiger partial charge in [0.2, 0.25) is 0 Å². The van der Waals surface area contributed by atoms with Gasteiger partial charge in [0.1, 0.15) is 11.1 Å². The lowest BCUT2D eigenvalue weighted by atomic mass is 10.1. The Morgan fingerprint density at radius 2 is 1.95 bits per heavy atom. The lowest BCUT2D eigenvalue weighted by Gasteiger charge is -2.11. The van der Waals surface area contributed by atoms with Crippen LogP contribution in [0.25, 0.3) is 33.3 Å². The summed E-state index contributed by atoms with van der Waals surface area (Å²) in [5.74, 6) is -0.0919. The van der Waals surface area contributed by atoms with E-state index < -0.39 is 11.2 Å². The van der Waals surface area contributed by atoms with Crippen LogP contribution in [-0.4, -0.2) is 41.4 Å². The van der Waals surface area contributed by atoms with E-state index in [1.54, 1.807) is 33.1 Å². The van der Waals surface area contributed by atoms with Crippen LogP contribution in [0.15, 0.2) is 46.2 Å². The first-order valence-corrected chi connectivity index (χ1v) is 12.3. The zero-order chi connectivity index (χ0) is 26.6. The molecule has 0 aliphatic heterocycles. The largest absolute Gasteiger partial charge is 0.361 e. The van der Waals surface area contributed by atoms with Crippen LogP contribution in [0.3, 0.4) is 0 Å². The number of halogens is 1. The van der Waals surface area contributed by atoms with E-state index in [-0.39, 0.29) is 11.8 Å². The Morgan fingerprint density at radius 3 is 2.65 bits per heavy atom. The molecule has 37 heavy (non-hydrogen) atoms. The molecule has 0 aliphatic carbocycles. The van der Waals surface area contributed by atoms with Gasteiger partial charge in [-0.15, -0.1) is 0 Å². The van der Waals surface area contributed by atoms with Gasteiger partial charge < -0.3 is 14.9 Å². The molecule has 0 unspecified atom stereocenters. The minimum Gasteiger partial charge on any atom is -0.361 e. The number of carbonyl (C=O) groups excluding carboxylic acids is 1. The van der Waals surface area contributed by atoms with E-state index >= 15 is 0 Å². The summed E-state index contributed by atoms with van der Waals surface area (Å²) in [4.78, 5) is 42.3. The standard InChI is InChI=1S/C26H28ClN7O3/c1-14(2)11-33-23-21(25(36)32(5)26(33)37)22(20-8-15(12-31(20)4)24(35)28-3)34(30-23)13-16-10-29-19-7-6-17(27)9-18(16)19/h6-10,12,14,29H,11,13H2,1-5H3,(H,28,35). The molecule has 0 bridgehead atoms. The number of aromatic amines is 1. The number of hydrogen-bond donors (Lipinski definition) is 2. The van der Waals surface area contributed by atoms with Gasteiger partial charge in [-0.3, -0.25) is 23.4 Å². The van der Waals surface area contributed by atoms with Gasteiger partial charge >= 0.3 is 5.69 Å². The number of H-pyrrole nitrogens is 1. The van der Waals surface area contributed by atoms with Gasteiger partial charge in [-0.05, 0) is 35.7 Å². The molecule has 1 aromatic carbocycles. The number of hydrogen-bond acceptors (Lipinski definition) is 4. The average Bonchev–Trinajstić information content (AvgIpc) is 3.55. The minimum absolute atomic E-state index is 0.151. The van der Waals surface area contributed by atoms with Crippen molar-refractivity contribution < 1.29 is 4.79 Å². The molecule has 0 radical (unpaired) electrons. The van der Waals surface area contributed by atoms with E-state index in [2.05, 4.69) is 10.3 Å². The van der Waals surface area contributed by atoms with Gasteiger partial charge in [0.25, 0.3) is 11.5 Å². The first-order valence-electron chi connectivity index (χ1n) is 11.9. The highest BCUT2D eigenvalue weighted by molar-refractivity contribution is 6.31. The molecule has 11 heteroatoms. The van der Waals surface area contributed by atoms with Crippen LogP contribution in [-0.2, 0) is 27.2 Å². The maximum absolute atomic E-state index is 13.5. The minimum atomic E-state index is -0.439. The fourth-order valence-corrected chi connectivity index (χ4v) is 4.95. The molecule has 0 aliphatic rings. The first-order chi connectivity index (χ1) is 17.6. The number of nitrogens with one attached hydrogen (secondary N) is 2. The Bertz CT molecular complexity index is 1800. The van der Waals surface area contributed by atoms with Crippen molar-refractivity contribution in [1.29, 1.82) is 0 Å². The first kappa shape index (κ1) is 24.6. The van der Waals surface area contributed by atoms with E-state index in [9.17, 15) is 14.4 Å². The maximum Gasteiger partial charge on any atom is 0.332 e. The van der Waals surface area contributed by atoms with Crippen LogP contribution in [0, 0.1) is 5.92 Å². The van der Waals surface area contributed by atoms with Crippen molar-refractivity contribution in [2.75, 3.05) is 7.05 Å². The molecular weight excluding hydrogens is 494 g/mol. The predicted molar refractivity (Wildman–Crippen MR) is 144 cm³/mol. The molecule has 0 atom stereocenters. The van der Waals surface area contributed by atoms with Gasteiger partial charge in [0.15, 0.2) is 5.65 Å². The molecule has 4 heterocycles. The van der Waals surface area contributed by atoms with Crippen molar-refractivity contribution in [3.8, 4) is 11.4 Å². The third-order valence-electron chi connectivity index (χ3n) is 6.56. The Labute approximate surface area is 217 Å². The summed E-state index contributed by atoms with van der Waals surface area (Å²) in [6.45, 7) is 4.72. The number of fused-ring (bicyclic) bond motifs is 2. The van der Waals surface area contributed by atoms with Crippen molar-refractivity contribution in [3.63, 3.8) is 0 Å². The van der Waals surface area contributed by atoms with Gasteiger partial charge in [0, 0.05) is 56.0 Å². The summed E-state index contributed by atoms with van der Waals surface area (Å²) in [7, 11) is 4.85. The van der Waals surface area contributed by atoms with Crippen LogP contribution in [0.4, 0.5) is 0 Å². The Balaban J connectivity index is 1.84. The Morgan fingerprint density at radius 1 is 1.19 bits per heavy atom. The number of aromatic nitrogens is 6. The molecule has 2 N–H and O–H groups in total. The normalized spacial score (nSPS) is 11.8. The SMILES string of the molecule is CNC(=O)c1cc(-c2c3c(=O)n(C)c(=O)n(CC(C)C)c3nn2Cc2c[nH]c3ccc(Cl)cc23)n(C)c1. The molecule has 5 aromatic rings. The molecule has 5 rings (SSSR count). The van der Waals surface area contributed by atoms with Crippen molar-refractivity contribution in [2.24, 2.45) is 20.0 Å². The van der Waals surface area contributed by atoms with Crippen LogP contribution in [0.1, 0.15) is 29.8 Å². The molecule has 10 nitrogen and oxygen atoms in total. The second kappa shape index (κ2) is 9.11. The molecule has 4 aromatic heterocycles. The van der Waals surface area contributed by atoms with Crippen molar-refractivity contribution >= 4 is 39.4 Å². The highest BCUT2D eigenvalue weighted by Crippen LogP contribution is 2.30. The van der Waals surface area contributed by atoms with Crippen molar-refractivity contribution in [3.05, 3.63) is 73.6 Å². The van der Waals surface area contributed by atoms with E-state index in [4.69, 9.17) is 16.7 Å². The molecule has 0 fully saturated rings. The summed E-state index contributed by atoms with van der Waals surface area (Å²) < 4.78 is 6.19. The van der Waals surface area contributed by atoms with Gasteiger partial charge in [-0.2, -0.15) is 5.10 Å². The van der Waals surface area contributed by atoms with Gasteiger partial charge in [0.05, 0.1) is 17.8 Å². The Hall–Kier alpha value is -4.05. The number of carbonyl (C=O) groups is 1. The predicted octanol–water partition coefficient (Wildman–Crippen LogP) is 3.10. The van der Waals surface area contributed by atoms with Crippen LogP contribution in [0.5, 0.6) is 0 Å². The molecule has 0 saturated carbocycles. The molecule has 192 valence electrons. The zero-order valence-electron chi connectivity index (χ0n) is 21.3. The second-order valence-electron chi connectivity index (χ2n) is 9.66. The van der Waals surface area contributed by atoms with E-state index in [1.165, 1.54) is 7.05 Å². The van der Waals surface area contributed by atoms with E-state index in [0.717, 1.165) is 21.0 Å². The van der Waals surface area contributed by atoms with Gasteiger partial charge in [-0.1, -0.05) is 25.4 Å². The quantitative estimate of drug-likeness (QED) is 0.357. The summed E-state index contributed by atoms with van der Waals surface area (Å²) in [5.41, 5.74) is 2.91. The smallest absolute Gasteiger partial charge is 0.332 e. The number of amides is 1. The summed E-state index contributed by atoms with van der Waals surface area (Å²) in [6, 6.07) is 7.34. The van der Waals surface area contributed by atoms with Crippen LogP contribution in [0.2, 0.25) is 5.02 Å². The lowest BCUT2D eigenvalue weighted by Crippen LogP contribution is -2.38. The maximum atomic E-state index is 13.5. The molecule has 0 saturated heterocycles. The summed E-state index contributed by atoms with van der Waals surface area (Å²) in [5, 5.41) is 9.33.